The molecule has 0 aliphatic heterocycles. The summed E-state index contributed by atoms with van der Waals surface area (Å²) in [6.07, 6.45) is 0. The summed E-state index contributed by atoms with van der Waals surface area (Å²) >= 11 is 0. The number of rotatable bonds is 2. The highest BCUT2D eigenvalue weighted by atomic mass is 16.3. The van der Waals surface area contributed by atoms with Gasteiger partial charge in [-0.1, -0.05) is 66.7 Å². The maximum atomic E-state index is 6.09. The van der Waals surface area contributed by atoms with Crippen molar-refractivity contribution < 1.29 is 4.42 Å². The lowest BCUT2D eigenvalue weighted by Crippen LogP contribution is -1.97. The Bertz CT molecular complexity index is 2390. The van der Waals surface area contributed by atoms with Crippen LogP contribution in [0.15, 0.2) is 126 Å². The van der Waals surface area contributed by atoms with Gasteiger partial charge in [0.15, 0.2) is 5.65 Å². The molecule has 9 aromatic rings. The summed E-state index contributed by atoms with van der Waals surface area (Å²) in [5, 5.41) is 4.43. The topological polar surface area (TPSA) is 48.8 Å². The molecule has 5 heteroatoms. The van der Waals surface area contributed by atoms with Gasteiger partial charge in [0.1, 0.15) is 16.6 Å². The number of hydrogen-bond donors (Lipinski definition) is 0. The molecular weight excluding hydrogens is 480 g/mol. The molecule has 0 bridgehead atoms. The third kappa shape index (κ3) is 2.79. The number of hydrogen-bond acceptors (Lipinski definition) is 3. The Balaban J connectivity index is 1.39. The first-order valence-electron chi connectivity index (χ1n) is 13.0. The third-order valence-corrected chi connectivity index (χ3v) is 7.73. The first-order chi connectivity index (χ1) is 19.3. The first-order valence-corrected chi connectivity index (χ1v) is 13.0. The lowest BCUT2D eigenvalue weighted by molar-refractivity contribution is 0.655. The molecule has 0 aliphatic rings. The van der Waals surface area contributed by atoms with Crippen molar-refractivity contribution in [2.45, 2.75) is 0 Å². The molecule has 0 saturated heterocycles. The summed E-state index contributed by atoms with van der Waals surface area (Å²) in [5.74, 6) is 0. The second-order valence-electron chi connectivity index (χ2n) is 9.89. The fraction of sp³-hybridized carbons (Fsp3) is 0. The SMILES string of the molecule is c1ccc(-n2c3ccccc3c3cc(-n4c5ccccc5c5nc6oc7ccccc7c6nc54)ccc32)cc1. The molecule has 0 radical (unpaired) electrons. The Hall–Kier alpha value is -5.42. The van der Waals surface area contributed by atoms with Crippen LogP contribution in [0, 0.1) is 0 Å². The Kier molecular flexibility index (Phi) is 3.99. The first kappa shape index (κ1) is 20.6. The van der Waals surface area contributed by atoms with Crippen LogP contribution in [0.25, 0.3) is 77.4 Å². The minimum atomic E-state index is 0.563. The molecule has 0 saturated carbocycles. The van der Waals surface area contributed by atoms with Crippen molar-refractivity contribution >= 4 is 66.1 Å². The van der Waals surface area contributed by atoms with Crippen LogP contribution in [0.2, 0.25) is 0 Å². The average molecular weight is 501 g/mol. The van der Waals surface area contributed by atoms with Crippen molar-refractivity contribution in [2.75, 3.05) is 0 Å². The number of nitrogens with zero attached hydrogens (tertiary/aromatic N) is 4. The molecular formula is C34H20N4O. The Labute approximate surface area is 222 Å². The van der Waals surface area contributed by atoms with Crippen LogP contribution in [0.3, 0.4) is 0 Å². The molecule has 0 unspecified atom stereocenters. The van der Waals surface area contributed by atoms with E-state index in [2.05, 4.69) is 100 Å². The molecule has 5 nitrogen and oxygen atoms in total. The van der Waals surface area contributed by atoms with E-state index in [4.69, 9.17) is 14.4 Å². The second-order valence-corrected chi connectivity index (χ2v) is 9.89. The summed E-state index contributed by atoms with van der Waals surface area (Å²) in [5.41, 5.74) is 9.41. The van der Waals surface area contributed by atoms with E-state index < -0.39 is 0 Å². The molecule has 4 aromatic heterocycles. The average Bonchev–Trinajstić information content (AvgIpc) is 3.63. The van der Waals surface area contributed by atoms with Crippen molar-refractivity contribution in [3.63, 3.8) is 0 Å². The molecule has 5 aromatic carbocycles. The van der Waals surface area contributed by atoms with Crippen LogP contribution < -0.4 is 0 Å². The smallest absolute Gasteiger partial charge is 0.247 e. The fourth-order valence-electron chi connectivity index (χ4n) is 6.05. The zero-order valence-electron chi connectivity index (χ0n) is 20.7. The Morgan fingerprint density at radius 3 is 1.97 bits per heavy atom. The normalized spacial score (nSPS) is 12.1. The maximum Gasteiger partial charge on any atom is 0.247 e. The molecule has 0 fully saturated rings. The second kappa shape index (κ2) is 7.55. The van der Waals surface area contributed by atoms with Gasteiger partial charge in [0.25, 0.3) is 0 Å². The van der Waals surface area contributed by atoms with Crippen LogP contribution >= 0.6 is 0 Å². The molecule has 0 aliphatic carbocycles. The summed E-state index contributed by atoms with van der Waals surface area (Å²) in [6.45, 7) is 0. The van der Waals surface area contributed by atoms with Gasteiger partial charge in [0.2, 0.25) is 5.71 Å². The van der Waals surface area contributed by atoms with Gasteiger partial charge in [0.05, 0.1) is 16.6 Å². The molecule has 0 amide bonds. The van der Waals surface area contributed by atoms with Gasteiger partial charge in [-0.25, -0.2) is 9.97 Å². The largest absolute Gasteiger partial charge is 0.436 e. The van der Waals surface area contributed by atoms with Crippen LogP contribution in [-0.4, -0.2) is 19.1 Å². The fourth-order valence-corrected chi connectivity index (χ4v) is 6.05. The van der Waals surface area contributed by atoms with Crippen LogP contribution in [-0.2, 0) is 0 Å². The van der Waals surface area contributed by atoms with E-state index in [1.165, 1.54) is 21.8 Å². The highest BCUT2D eigenvalue weighted by molar-refractivity contribution is 6.12. The van der Waals surface area contributed by atoms with Crippen LogP contribution in [0.4, 0.5) is 0 Å². The van der Waals surface area contributed by atoms with Crippen molar-refractivity contribution in [3.05, 3.63) is 121 Å². The van der Waals surface area contributed by atoms with E-state index in [0.29, 0.717) is 5.71 Å². The summed E-state index contributed by atoms with van der Waals surface area (Å²) in [6, 6.07) is 42.2. The van der Waals surface area contributed by atoms with E-state index in [1.54, 1.807) is 0 Å². The van der Waals surface area contributed by atoms with Gasteiger partial charge in [-0.15, -0.1) is 0 Å². The molecule has 4 heterocycles. The van der Waals surface area contributed by atoms with Gasteiger partial charge in [-0.2, -0.15) is 0 Å². The van der Waals surface area contributed by atoms with Crippen molar-refractivity contribution in [2.24, 2.45) is 0 Å². The quantitative estimate of drug-likeness (QED) is 0.239. The summed E-state index contributed by atoms with van der Waals surface area (Å²) in [7, 11) is 0. The van der Waals surface area contributed by atoms with E-state index in [-0.39, 0.29) is 0 Å². The molecule has 0 N–H and O–H groups in total. The number of furan rings is 1. The summed E-state index contributed by atoms with van der Waals surface area (Å²) < 4.78 is 10.7. The zero-order valence-corrected chi connectivity index (χ0v) is 20.7. The molecule has 39 heavy (non-hydrogen) atoms. The molecule has 0 spiro atoms. The Morgan fingerprint density at radius 2 is 1.13 bits per heavy atom. The van der Waals surface area contributed by atoms with Gasteiger partial charge >= 0.3 is 0 Å². The third-order valence-electron chi connectivity index (χ3n) is 7.73. The van der Waals surface area contributed by atoms with Crippen LogP contribution in [0.1, 0.15) is 0 Å². The van der Waals surface area contributed by atoms with E-state index in [1.807, 2.05) is 30.3 Å². The van der Waals surface area contributed by atoms with Gasteiger partial charge in [-0.05, 0) is 54.6 Å². The van der Waals surface area contributed by atoms with Crippen LogP contribution in [0.5, 0.6) is 0 Å². The lowest BCUT2D eigenvalue weighted by atomic mass is 10.1. The predicted molar refractivity (Wildman–Crippen MR) is 158 cm³/mol. The molecule has 182 valence electrons. The van der Waals surface area contributed by atoms with Gasteiger partial charge < -0.3 is 8.98 Å². The summed E-state index contributed by atoms with van der Waals surface area (Å²) in [4.78, 5) is 10.2. The molecule has 0 atom stereocenters. The zero-order chi connectivity index (χ0) is 25.5. The number of aromatic nitrogens is 4. The number of benzene rings is 5. The molecule has 9 rings (SSSR count). The van der Waals surface area contributed by atoms with Crippen molar-refractivity contribution in [1.29, 1.82) is 0 Å². The lowest BCUT2D eigenvalue weighted by Gasteiger charge is -2.09. The van der Waals surface area contributed by atoms with Gasteiger partial charge in [0, 0.05) is 32.9 Å². The number of fused-ring (bicyclic) bond motifs is 9. The Morgan fingerprint density at radius 1 is 0.462 bits per heavy atom. The highest BCUT2D eigenvalue weighted by Gasteiger charge is 2.20. The van der Waals surface area contributed by atoms with E-state index >= 15 is 0 Å². The van der Waals surface area contributed by atoms with E-state index in [9.17, 15) is 0 Å². The van der Waals surface area contributed by atoms with Crippen molar-refractivity contribution in [1.82, 2.24) is 19.1 Å². The van der Waals surface area contributed by atoms with E-state index in [0.717, 1.165) is 49.9 Å². The van der Waals surface area contributed by atoms with Crippen molar-refractivity contribution in [3.8, 4) is 11.4 Å². The minimum absolute atomic E-state index is 0.563. The maximum absolute atomic E-state index is 6.09. The highest BCUT2D eigenvalue weighted by Crippen LogP contribution is 2.37. The monoisotopic (exact) mass is 500 g/mol. The minimum Gasteiger partial charge on any atom is -0.436 e. The number of para-hydroxylation sites is 4. The predicted octanol–water partition coefficient (Wildman–Crippen LogP) is 8.57. The van der Waals surface area contributed by atoms with Gasteiger partial charge in [-0.3, -0.25) is 4.57 Å². The standard InChI is InChI=1S/C34H20N4O/c1-2-10-21(11-3-1)37-27-15-7-4-12-23(27)26-20-22(18-19-29(26)37)38-28-16-8-5-13-24(28)31-33(38)35-32-25-14-6-9-17-30(25)39-34(32)36-31/h1-20H.